The number of ether oxygens (including phenoxy) is 2. The van der Waals surface area contributed by atoms with Gasteiger partial charge in [-0.1, -0.05) is 18.2 Å². The van der Waals surface area contributed by atoms with Crippen molar-refractivity contribution in [2.45, 2.75) is 0 Å². The Kier molecular flexibility index (Phi) is 4.21. The van der Waals surface area contributed by atoms with Gasteiger partial charge in [-0.15, -0.1) is 0 Å². The smallest absolute Gasteiger partial charge is 0.353 e. The number of nitro groups is 1. The first-order valence-corrected chi connectivity index (χ1v) is 8.96. The summed E-state index contributed by atoms with van der Waals surface area (Å²) in [6.07, 6.45) is 2.91. The first-order valence-electron chi connectivity index (χ1n) is 8.96. The number of anilines is 4. The van der Waals surface area contributed by atoms with Gasteiger partial charge in [0, 0.05) is 23.3 Å². The molecule has 1 aliphatic rings. The molecule has 1 aliphatic heterocycles. The molecule has 148 valence electrons. The third kappa shape index (κ3) is 3.15. The minimum atomic E-state index is -0.532. The van der Waals surface area contributed by atoms with E-state index in [1.807, 2.05) is 24.3 Å². The van der Waals surface area contributed by atoms with Gasteiger partial charge in [-0.05, 0) is 24.3 Å². The highest BCUT2D eigenvalue weighted by Crippen LogP contribution is 2.38. The van der Waals surface area contributed by atoms with Crippen LogP contribution < -0.4 is 20.1 Å². The van der Waals surface area contributed by atoms with Crippen LogP contribution >= 0.6 is 0 Å². The van der Waals surface area contributed by atoms with Crippen LogP contribution in [0.1, 0.15) is 0 Å². The summed E-state index contributed by atoms with van der Waals surface area (Å²) in [7, 11) is 0. The Morgan fingerprint density at radius 3 is 2.60 bits per heavy atom. The second kappa shape index (κ2) is 7.17. The lowest BCUT2D eigenvalue weighted by molar-refractivity contribution is -0.383. The Balaban J connectivity index is 1.53. The molecule has 0 radical (unpaired) electrons. The topological polar surface area (TPSA) is 124 Å². The molecule has 0 amide bonds. The molecule has 0 saturated carbocycles. The molecule has 0 fully saturated rings. The van der Waals surface area contributed by atoms with E-state index in [1.165, 1.54) is 6.33 Å². The minimum absolute atomic E-state index is 0.0459. The molecule has 30 heavy (non-hydrogen) atoms. The van der Waals surface area contributed by atoms with E-state index in [4.69, 9.17) is 9.47 Å². The minimum Gasteiger partial charge on any atom is -0.454 e. The van der Waals surface area contributed by atoms with Crippen LogP contribution in [0.5, 0.6) is 11.5 Å². The summed E-state index contributed by atoms with van der Waals surface area (Å²) < 4.78 is 10.6. The van der Waals surface area contributed by atoms with Gasteiger partial charge < -0.3 is 20.1 Å². The van der Waals surface area contributed by atoms with E-state index in [1.54, 1.807) is 30.5 Å². The summed E-state index contributed by atoms with van der Waals surface area (Å²) in [5, 5.41) is 18.7. The molecule has 10 heteroatoms. The molecular formula is C20H14N6O4. The molecule has 0 atom stereocenters. The van der Waals surface area contributed by atoms with Gasteiger partial charge in [0.15, 0.2) is 11.5 Å². The van der Waals surface area contributed by atoms with Crippen LogP contribution in [0.15, 0.2) is 61.1 Å². The second-order valence-corrected chi connectivity index (χ2v) is 6.38. The molecule has 0 spiro atoms. The Hall–Kier alpha value is -4.47. The fraction of sp³-hybridized carbons (Fsp3) is 0.0500. The number of hydrogen-bond acceptors (Lipinski definition) is 9. The summed E-state index contributed by atoms with van der Waals surface area (Å²) in [6.45, 7) is 0.138. The summed E-state index contributed by atoms with van der Waals surface area (Å²) in [4.78, 5) is 23.8. The van der Waals surface area contributed by atoms with Crippen LogP contribution in [0, 0.1) is 10.1 Å². The van der Waals surface area contributed by atoms with Gasteiger partial charge in [0.25, 0.3) is 0 Å². The Bertz CT molecular complexity index is 1270. The predicted octanol–water partition coefficient (Wildman–Crippen LogP) is 4.15. The predicted molar refractivity (Wildman–Crippen MR) is 110 cm³/mol. The molecule has 10 nitrogen and oxygen atoms in total. The monoisotopic (exact) mass is 402 g/mol. The highest BCUT2D eigenvalue weighted by Gasteiger charge is 2.24. The molecule has 2 N–H and O–H groups in total. The number of benzene rings is 2. The molecule has 0 unspecified atom stereocenters. The maximum atomic E-state index is 11.9. The van der Waals surface area contributed by atoms with E-state index in [9.17, 15) is 10.1 Å². The van der Waals surface area contributed by atoms with Crippen LogP contribution in [0.25, 0.3) is 10.9 Å². The third-order valence-electron chi connectivity index (χ3n) is 4.53. The third-order valence-corrected chi connectivity index (χ3v) is 4.53. The van der Waals surface area contributed by atoms with Crippen molar-refractivity contribution in [3.8, 4) is 11.5 Å². The van der Waals surface area contributed by atoms with E-state index >= 15 is 0 Å². The average molecular weight is 402 g/mol. The highest BCUT2D eigenvalue weighted by molar-refractivity contribution is 5.93. The number of rotatable bonds is 5. The van der Waals surface area contributed by atoms with Crippen LogP contribution in [0.3, 0.4) is 0 Å². The van der Waals surface area contributed by atoms with Gasteiger partial charge in [0.1, 0.15) is 6.33 Å². The molecule has 2 aromatic carbocycles. The molecule has 0 aliphatic carbocycles. The molecule has 0 saturated heterocycles. The number of pyridine rings is 1. The summed E-state index contributed by atoms with van der Waals surface area (Å²) in [6, 6.07) is 14.4. The first kappa shape index (κ1) is 17.6. The van der Waals surface area contributed by atoms with Crippen molar-refractivity contribution in [3.63, 3.8) is 0 Å². The Labute approximate surface area is 169 Å². The van der Waals surface area contributed by atoms with Crippen LogP contribution in [-0.2, 0) is 0 Å². The van der Waals surface area contributed by atoms with Crippen molar-refractivity contribution in [2.75, 3.05) is 17.4 Å². The van der Waals surface area contributed by atoms with Gasteiger partial charge >= 0.3 is 5.69 Å². The molecule has 0 bridgehead atoms. The zero-order valence-corrected chi connectivity index (χ0v) is 15.4. The van der Waals surface area contributed by atoms with Crippen molar-refractivity contribution in [2.24, 2.45) is 0 Å². The maximum Gasteiger partial charge on any atom is 0.353 e. The number of aromatic nitrogens is 3. The number of fused-ring (bicyclic) bond motifs is 2. The van der Waals surface area contributed by atoms with Gasteiger partial charge in [-0.2, -0.15) is 0 Å². The summed E-state index contributed by atoms with van der Waals surface area (Å²) in [5.74, 6) is 1.27. The van der Waals surface area contributed by atoms with Crippen LogP contribution in [0.2, 0.25) is 0 Å². The number of para-hydroxylation sites is 1. The van der Waals surface area contributed by atoms with Crippen molar-refractivity contribution < 1.29 is 14.4 Å². The fourth-order valence-corrected chi connectivity index (χ4v) is 3.18. The Morgan fingerprint density at radius 1 is 0.933 bits per heavy atom. The van der Waals surface area contributed by atoms with E-state index in [0.29, 0.717) is 28.4 Å². The Morgan fingerprint density at radius 2 is 1.73 bits per heavy atom. The van der Waals surface area contributed by atoms with Gasteiger partial charge in [0.05, 0.1) is 16.1 Å². The van der Waals surface area contributed by atoms with Crippen molar-refractivity contribution >= 4 is 39.6 Å². The van der Waals surface area contributed by atoms with Gasteiger partial charge in [-0.3, -0.25) is 15.1 Å². The molecule has 2 aromatic heterocycles. The van der Waals surface area contributed by atoms with Crippen LogP contribution in [-0.4, -0.2) is 26.7 Å². The van der Waals surface area contributed by atoms with E-state index in [2.05, 4.69) is 25.6 Å². The van der Waals surface area contributed by atoms with Crippen LogP contribution in [0.4, 0.5) is 28.7 Å². The maximum absolute atomic E-state index is 11.9. The molecule has 3 heterocycles. The second-order valence-electron chi connectivity index (χ2n) is 6.38. The quantitative estimate of drug-likeness (QED) is 0.374. The van der Waals surface area contributed by atoms with Crippen molar-refractivity contribution in [1.29, 1.82) is 0 Å². The zero-order valence-electron chi connectivity index (χ0n) is 15.4. The SMILES string of the molecule is O=[N+]([O-])c1c(Nc2ccc3c(c2)OCO3)ncnc1Nc1cccc2cccnc12. The lowest BCUT2D eigenvalue weighted by atomic mass is 10.2. The summed E-state index contributed by atoms with van der Waals surface area (Å²) >= 11 is 0. The standard InChI is InChI=1S/C20H14N6O4/c27-26(28)18-19(24-13-6-7-15-16(9-13)30-11-29-15)22-10-23-20(18)25-14-5-1-3-12-4-2-8-21-17(12)14/h1-10H,11H2,(H2,22,23,24,25). The lowest BCUT2D eigenvalue weighted by Crippen LogP contribution is -2.06. The van der Waals surface area contributed by atoms with E-state index < -0.39 is 4.92 Å². The number of nitrogens with zero attached hydrogens (tertiary/aromatic N) is 4. The fourth-order valence-electron chi connectivity index (χ4n) is 3.18. The molecule has 5 rings (SSSR count). The number of hydrogen-bond donors (Lipinski definition) is 2. The molecular weight excluding hydrogens is 388 g/mol. The van der Waals surface area contributed by atoms with Gasteiger partial charge in [-0.25, -0.2) is 9.97 Å². The summed E-state index contributed by atoms with van der Waals surface area (Å²) in [5.41, 5.74) is 1.56. The average Bonchev–Trinajstić information content (AvgIpc) is 3.22. The largest absolute Gasteiger partial charge is 0.454 e. The first-order chi connectivity index (χ1) is 14.7. The lowest BCUT2D eigenvalue weighted by Gasteiger charge is -2.11. The van der Waals surface area contributed by atoms with E-state index in [0.717, 1.165) is 5.39 Å². The van der Waals surface area contributed by atoms with Gasteiger partial charge in [0.2, 0.25) is 18.4 Å². The normalized spacial score (nSPS) is 12.0. The highest BCUT2D eigenvalue weighted by atomic mass is 16.7. The molecule has 4 aromatic rings. The van der Waals surface area contributed by atoms with Crippen molar-refractivity contribution in [3.05, 3.63) is 71.2 Å². The van der Waals surface area contributed by atoms with Crippen molar-refractivity contribution in [1.82, 2.24) is 15.0 Å². The zero-order chi connectivity index (χ0) is 20.5. The van der Waals surface area contributed by atoms with E-state index in [-0.39, 0.29) is 24.1 Å². The number of nitrogens with one attached hydrogen (secondary N) is 2.